The van der Waals surface area contributed by atoms with Crippen LogP contribution in [0.2, 0.25) is 25.3 Å². The first kappa shape index (κ1) is 106. The van der Waals surface area contributed by atoms with Gasteiger partial charge in [0.2, 0.25) is 0 Å². The second-order valence-corrected chi connectivity index (χ2v) is 44.9. The van der Waals surface area contributed by atoms with Crippen LogP contribution in [-0.2, 0) is 91.8 Å². The number of H-pyrrole nitrogens is 1. The third kappa shape index (κ3) is 22.9. The van der Waals surface area contributed by atoms with Crippen molar-refractivity contribution in [2.75, 3.05) is 26.9 Å². The minimum Gasteiger partial charge on any atom is -1.00 e. The van der Waals surface area contributed by atoms with Crippen molar-refractivity contribution in [1.82, 2.24) is 39.5 Å². The second-order valence-electron chi connectivity index (χ2n) is 41.0. The number of alkyl halides is 1. The molecule has 5 saturated carbocycles. The number of rotatable bonds is 12. The van der Waals surface area contributed by atoms with Gasteiger partial charge in [0.1, 0.15) is 0 Å². The molecular formula is C89H129B6Br2Cl4N8NaO20. The summed E-state index contributed by atoms with van der Waals surface area (Å²) in [5, 5.41) is 64.4. The standard InChI is InChI=1S/C21H28BClN2O3.C15H28B2O4.C15H17ClN2O2.C12H24B2O4.C12H12BrClN2O.C10H9ClN2O.C3H5Br.CH4O.BHO4.Na.H/c1-19(2)20(3,4)28-22(27-19)21(8-9-21)16-11-14(23)12-17-15(16)13-24-25(17)18-7-5-6-10-26-18;1-11(2)12(3,4)19-16(18-11)15(9-10-15)17-20-13(5,6)14(7,8)21-17;16-10-7-12(15(19)4-5-15)11-9-17-18(13(11)8-10)14-3-1-2-6-20-14;1-9(2)10(3,4)16-13(15-9)14-17-11(5,6)12(7,8)18-14;13-10-5-8(14)6-11-9(10)7-15-16(11)12-3-1-2-4-17-12;11-6-3-8(10(14)1-2-10)7-5-12-13-9(7)4-6;4-3-1-2-3;1-2;2-1-4-5-3;;/h11-13,18H,5-10H2,1-4H3;9-10H2,1-8H3;7-9,14,19H,1-6H2;1-8H3;5-7,12H,1-4H2;3-5,14H,1-2H2,(H,12,13);3H,1-2H2;2H,1H3;3H;;/q;;;;;;;;;+1;-1. The van der Waals surface area contributed by atoms with E-state index in [4.69, 9.17) is 127 Å². The molecule has 5 aliphatic carbocycles. The minimum absolute atomic E-state index is 0. The molecule has 3 unspecified atom stereocenters. The van der Waals surface area contributed by atoms with Crippen molar-refractivity contribution >= 4 is 165 Å². The van der Waals surface area contributed by atoms with Gasteiger partial charge in [0.15, 0.2) is 18.7 Å². The van der Waals surface area contributed by atoms with Gasteiger partial charge in [-0.15, -0.1) is 0 Å². The average molecular weight is 2020 g/mol. The fourth-order valence-corrected chi connectivity index (χ4v) is 18.3. The summed E-state index contributed by atoms with van der Waals surface area (Å²) in [5.41, 5.74) is 2.17. The summed E-state index contributed by atoms with van der Waals surface area (Å²) in [7, 11) is -0.769. The molecule has 0 amide bonds. The zero-order chi connectivity index (χ0) is 94.1. The molecule has 12 heterocycles. The van der Waals surface area contributed by atoms with E-state index in [9.17, 15) is 10.2 Å². The van der Waals surface area contributed by atoms with Gasteiger partial charge >= 0.3 is 92.1 Å². The van der Waals surface area contributed by atoms with Crippen LogP contribution in [0.25, 0.3) is 43.6 Å². The molecule has 8 aromatic rings. The van der Waals surface area contributed by atoms with E-state index < -0.39 is 25.2 Å². The van der Waals surface area contributed by atoms with Crippen LogP contribution in [0.15, 0.2) is 77.8 Å². The summed E-state index contributed by atoms with van der Waals surface area (Å²) in [5.74, 6) is 0. The normalized spacial score (nSPS) is 25.7. The summed E-state index contributed by atoms with van der Waals surface area (Å²) in [6.45, 7) is 43.7. The van der Waals surface area contributed by atoms with Crippen LogP contribution in [0.1, 0.15) is 297 Å². The molecule has 4 aromatic heterocycles. The molecule has 4 aromatic carbocycles. The van der Waals surface area contributed by atoms with Crippen molar-refractivity contribution in [3.05, 3.63) is 115 Å². The van der Waals surface area contributed by atoms with E-state index in [1.807, 2.05) is 130 Å². The third-order valence-electron chi connectivity index (χ3n) is 28.9. The monoisotopic (exact) mass is 2020 g/mol. The van der Waals surface area contributed by atoms with Gasteiger partial charge in [-0.2, -0.15) is 20.4 Å². The number of fused-ring (bicyclic) bond motifs is 4. The van der Waals surface area contributed by atoms with Crippen LogP contribution < -0.4 is 29.6 Å². The Hall–Kier alpha value is -2.85. The Morgan fingerprint density at radius 3 is 1.06 bits per heavy atom. The first-order valence-electron chi connectivity index (χ1n) is 45.2. The number of hydrogen-bond acceptors (Lipinski definition) is 24. The minimum atomic E-state index is -0.704. The van der Waals surface area contributed by atoms with Gasteiger partial charge in [0.25, 0.3) is 0 Å². The Morgan fingerprint density at radius 2 is 0.746 bits per heavy atom. The van der Waals surface area contributed by atoms with Crippen LogP contribution in [-0.4, -0.2) is 191 Å². The second kappa shape index (κ2) is 40.8. The molecule has 0 radical (unpaired) electrons. The van der Waals surface area contributed by atoms with Crippen LogP contribution in [0.4, 0.5) is 0 Å². The summed E-state index contributed by atoms with van der Waals surface area (Å²) < 4.78 is 95.0. The van der Waals surface area contributed by atoms with Crippen molar-refractivity contribution in [3.8, 4) is 0 Å². The van der Waals surface area contributed by atoms with E-state index in [1.54, 1.807) is 6.20 Å². The molecule has 8 saturated heterocycles. The Bertz CT molecular complexity index is 5080. The number of aromatic nitrogens is 8. The number of aliphatic hydroxyl groups is 3. The SMILES string of the molecule is BrC1CC1.CC1(C)OB(B2OC(C)(C)C(C)(C)O2)OC1(C)C.CC1(C)OB(C2(B3OC(C)(C)C(C)(C)O3)CC2)OC1(C)C.CC1(C)OB(C2(c3cc(Cl)cc4c3cnn4C3CCCCO3)CC2)OC1(C)C.CO.Clc1cc(Br)c2cnn(C3CCCCO3)c2c1.O=BOOO.OC1(c2cc(Cl)cc3[nH]ncc23)CC1.OC1(c2cc(Cl)cc3c2cnn3C2CCCCO2)CC1.[H-].[Na+]. The van der Waals surface area contributed by atoms with Gasteiger partial charge in [0.05, 0.1) is 114 Å². The van der Waals surface area contributed by atoms with Crippen molar-refractivity contribution < 1.29 is 127 Å². The Labute approximate surface area is 827 Å². The number of nitrogens with one attached hydrogen (secondary N) is 1. The number of benzene rings is 4. The summed E-state index contributed by atoms with van der Waals surface area (Å²) in [6, 6.07) is 15.3. The molecule has 0 spiro atoms. The molecular weight excluding hydrogens is 1890 g/mol. The fourth-order valence-electron chi connectivity index (χ4n) is 16.5. The number of nitrogens with zero attached hydrogens (tertiary/aromatic N) is 7. The smallest absolute Gasteiger partial charge is 1.00 e. The molecule has 13 aliphatic rings. The molecule has 130 heavy (non-hydrogen) atoms. The Kier molecular flexibility index (Phi) is 33.2. The molecule has 8 aliphatic heterocycles. The molecule has 41 heteroatoms. The average Bonchev–Trinajstić information content (AvgIpc) is 1.54. The Balaban J connectivity index is 0.000000149. The van der Waals surface area contributed by atoms with Gasteiger partial charge in [-0.25, -0.2) is 14.0 Å². The van der Waals surface area contributed by atoms with Crippen molar-refractivity contribution in [3.63, 3.8) is 0 Å². The quantitative estimate of drug-likeness (QED) is 0.0328. The van der Waals surface area contributed by atoms with Gasteiger partial charge in [0, 0.05) is 88.4 Å². The predicted octanol–water partition coefficient (Wildman–Crippen LogP) is 17.9. The maximum Gasteiger partial charge on any atom is 1.00 e. The van der Waals surface area contributed by atoms with Gasteiger partial charge in [-0.05, 0) is 329 Å². The van der Waals surface area contributed by atoms with Gasteiger partial charge in [-0.3, -0.25) is 5.10 Å². The summed E-state index contributed by atoms with van der Waals surface area (Å²) in [4.78, 5) is 4.10. The zero-order valence-electron chi connectivity index (χ0n) is 80.5. The zero-order valence-corrected chi connectivity index (χ0v) is 87.7. The molecule has 21 rings (SSSR count). The molecule has 3 atom stereocenters. The van der Waals surface area contributed by atoms with E-state index in [1.165, 1.54) is 24.8 Å². The maximum absolute atomic E-state index is 10.4. The topological polar surface area (TPSA) is 319 Å². The number of ether oxygens (including phenoxy) is 3. The van der Waals surface area contributed by atoms with E-state index in [0.717, 1.165) is 199 Å². The van der Waals surface area contributed by atoms with Crippen LogP contribution >= 0.6 is 78.3 Å². The first-order chi connectivity index (χ1) is 60.4. The van der Waals surface area contributed by atoms with Crippen molar-refractivity contribution in [2.45, 2.75) is 362 Å². The van der Waals surface area contributed by atoms with Crippen LogP contribution in [0, 0.1) is 0 Å². The maximum atomic E-state index is 10.4. The van der Waals surface area contributed by atoms with E-state index in [0.29, 0.717) is 15.1 Å². The summed E-state index contributed by atoms with van der Waals surface area (Å²) in [6.07, 6.45) is 27.4. The van der Waals surface area contributed by atoms with Crippen LogP contribution in [0.3, 0.4) is 0 Å². The number of hydrogen-bond donors (Lipinski definition) is 5. The van der Waals surface area contributed by atoms with Gasteiger partial charge < -0.3 is 77.5 Å². The van der Waals surface area contributed by atoms with E-state index >= 15 is 0 Å². The number of aromatic amines is 1. The van der Waals surface area contributed by atoms with E-state index in [-0.39, 0.29) is 145 Å². The third-order valence-corrected chi connectivity index (χ3v) is 31.4. The molecule has 13 fully saturated rings. The molecule has 0 bridgehead atoms. The molecule has 28 nitrogen and oxygen atoms in total. The molecule has 706 valence electrons. The number of halogens is 6. The van der Waals surface area contributed by atoms with Crippen LogP contribution in [0.5, 0.6) is 0 Å². The van der Waals surface area contributed by atoms with E-state index in [2.05, 4.69) is 151 Å². The fraction of sp³-hybridized carbons (Fsp3) is 0.685. The Morgan fingerprint density at radius 1 is 0.431 bits per heavy atom. The summed E-state index contributed by atoms with van der Waals surface area (Å²) >= 11 is 31.7. The molecule has 5 N–H and O–H groups in total. The number of aliphatic hydroxyl groups excluding tert-OH is 1. The largest absolute Gasteiger partial charge is 1.00 e. The van der Waals surface area contributed by atoms with Gasteiger partial charge in [-0.1, -0.05) is 75.2 Å². The predicted molar refractivity (Wildman–Crippen MR) is 512 cm³/mol. The first-order valence-corrected chi connectivity index (χ1v) is 48.5. The van der Waals surface area contributed by atoms with Crippen molar-refractivity contribution in [2.24, 2.45) is 0 Å². The van der Waals surface area contributed by atoms with Crippen molar-refractivity contribution in [1.29, 1.82) is 0 Å².